The van der Waals surface area contributed by atoms with Crippen LogP contribution in [-0.2, 0) is 0 Å². The van der Waals surface area contributed by atoms with Crippen molar-refractivity contribution in [2.24, 2.45) is 5.84 Å². The van der Waals surface area contributed by atoms with Gasteiger partial charge >= 0.3 is 0 Å². The number of hydrogen-bond donors (Lipinski definition) is 2. The van der Waals surface area contributed by atoms with Crippen molar-refractivity contribution >= 4 is 17.3 Å². The van der Waals surface area contributed by atoms with E-state index >= 15 is 0 Å². The first-order valence-corrected chi connectivity index (χ1v) is 6.94. The van der Waals surface area contributed by atoms with E-state index in [0.29, 0.717) is 11.9 Å². The first-order valence-electron chi connectivity index (χ1n) is 6.94. The van der Waals surface area contributed by atoms with Gasteiger partial charge < -0.3 is 19.6 Å². The third-order valence-corrected chi connectivity index (χ3v) is 3.82. The van der Waals surface area contributed by atoms with Crippen molar-refractivity contribution in [2.45, 2.75) is 19.4 Å². The molecule has 7 heteroatoms. The largest absolute Gasteiger partial charge is 0.349 e. The lowest BCUT2D eigenvalue weighted by Gasteiger charge is -2.29. The molecular weight excluding hydrogens is 254 g/mol. The first-order chi connectivity index (χ1) is 9.69. The number of anilines is 2. The van der Waals surface area contributed by atoms with Crippen LogP contribution in [0, 0.1) is 0 Å². The molecule has 0 aliphatic carbocycles. The number of hydrazine groups is 1. The fraction of sp³-hybridized carbons (Fsp3) is 0.538. The maximum atomic E-state index is 5.52. The van der Waals surface area contributed by atoms with Gasteiger partial charge in [-0.25, -0.2) is 15.8 Å². The molecule has 0 aromatic carbocycles. The second-order valence-corrected chi connectivity index (χ2v) is 5.41. The molecule has 1 saturated heterocycles. The van der Waals surface area contributed by atoms with Gasteiger partial charge in [0.05, 0.1) is 6.20 Å². The molecule has 7 nitrogen and oxygen atoms in total. The molecule has 108 valence electrons. The fourth-order valence-corrected chi connectivity index (χ4v) is 2.86. The Morgan fingerprint density at radius 1 is 1.40 bits per heavy atom. The zero-order valence-electron chi connectivity index (χ0n) is 12.0. The number of fused-ring (bicyclic) bond motifs is 1. The number of rotatable bonds is 2. The Morgan fingerprint density at radius 3 is 3.05 bits per heavy atom. The van der Waals surface area contributed by atoms with Crippen LogP contribution in [0.1, 0.15) is 13.3 Å². The van der Waals surface area contributed by atoms with Crippen LogP contribution in [0.25, 0.3) is 5.65 Å². The van der Waals surface area contributed by atoms with Crippen molar-refractivity contribution in [1.29, 1.82) is 0 Å². The molecule has 2 aromatic rings. The third-order valence-electron chi connectivity index (χ3n) is 3.82. The molecule has 20 heavy (non-hydrogen) atoms. The van der Waals surface area contributed by atoms with Crippen LogP contribution in [0.5, 0.6) is 0 Å². The molecule has 2 aromatic heterocycles. The second-order valence-electron chi connectivity index (χ2n) is 5.41. The minimum Gasteiger partial charge on any atom is -0.349 e. The predicted molar refractivity (Wildman–Crippen MR) is 79.7 cm³/mol. The van der Waals surface area contributed by atoms with E-state index in [4.69, 9.17) is 5.84 Å². The van der Waals surface area contributed by atoms with Crippen LogP contribution in [0.15, 0.2) is 18.6 Å². The zero-order valence-corrected chi connectivity index (χ0v) is 12.0. The summed E-state index contributed by atoms with van der Waals surface area (Å²) in [5, 5.41) is 0. The lowest BCUT2D eigenvalue weighted by Crippen LogP contribution is -2.38. The van der Waals surface area contributed by atoms with Crippen LogP contribution < -0.4 is 16.2 Å². The van der Waals surface area contributed by atoms with Crippen molar-refractivity contribution in [2.75, 3.05) is 37.0 Å². The smallest absolute Gasteiger partial charge is 0.180 e. The van der Waals surface area contributed by atoms with Gasteiger partial charge in [-0.3, -0.25) is 0 Å². The van der Waals surface area contributed by atoms with E-state index in [1.54, 1.807) is 6.20 Å². The molecule has 0 saturated carbocycles. The van der Waals surface area contributed by atoms with Crippen LogP contribution in [0.4, 0.5) is 11.6 Å². The van der Waals surface area contributed by atoms with Gasteiger partial charge in [0.1, 0.15) is 0 Å². The van der Waals surface area contributed by atoms with Gasteiger partial charge in [0, 0.05) is 31.5 Å². The Labute approximate surface area is 118 Å². The molecule has 1 fully saturated rings. The summed E-state index contributed by atoms with van der Waals surface area (Å²) in [7, 11) is 2.16. The Morgan fingerprint density at radius 2 is 2.25 bits per heavy atom. The zero-order chi connectivity index (χ0) is 14.1. The highest BCUT2D eigenvalue weighted by atomic mass is 15.3. The average molecular weight is 275 g/mol. The number of likely N-dealkylation sites (N-methyl/N-ethyl adjacent to an activating group) is 1. The van der Waals surface area contributed by atoms with E-state index in [1.165, 1.54) is 0 Å². The number of nitrogens with two attached hydrogens (primary N) is 1. The molecule has 3 rings (SSSR count). The van der Waals surface area contributed by atoms with Crippen molar-refractivity contribution in [3.63, 3.8) is 0 Å². The van der Waals surface area contributed by atoms with Crippen molar-refractivity contribution in [3.8, 4) is 0 Å². The molecule has 3 N–H and O–H groups in total. The van der Waals surface area contributed by atoms with Gasteiger partial charge in [0.15, 0.2) is 17.3 Å². The molecule has 1 atom stereocenters. The predicted octanol–water partition coefficient (Wildman–Crippen LogP) is 0.545. The van der Waals surface area contributed by atoms with Crippen LogP contribution in [-0.4, -0.2) is 52.0 Å². The first kappa shape index (κ1) is 13.1. The summed E-state index contributed by atoms with van der Waals surface area (Å²) in [6.45, 7) is 5.34. The van der Waals surface area contributed by atoms with E-state index in [2.05, 4.69) is 39.2 Å². The normalized spacial score (nSPS) is 21.1. The summed E-state index contributed by atoms with van der Waals surface area (Å²) < 4.78 is 1.96. The quantitative estimate of drug-likeness (QED) is 0.616. The van der Waals surface area contributed by atoms with Gasteiger partial charge in [0.2, 0.25) is 0 Å². The highest BCUT2D eigenvalue weighted by Crippen LogP contribution is 2.24. The summed E-state index contributed by atoms with van der Waals surface area (Å²) in [5.41, 5.74) is 3.51. The summed E-state index contributed by atoms with van der Waals surface area (Å²) in [6.07, 6.45) is 6.67. The number of hydrogen-bond acceptors (Lipinski definition) is 6. The average Bonchev–Trinajstić information content (AvgIpc) is 2.84. The van der Waals surface area contributed by atoms with Crippen molar-refractivity contribution in [1.82, 2.24) is 19.3 Å². The van der Waals surface area contributed by atoms with E-state index in [0.717, 1.165) is 37.5 Å². The van der Waals surface area contributed by atoms with Crippen LogP contribution in [0.2, 0.25) is 0 Å². The number of nitrogen functional groups attached to an aromatic ring is 1. The molecule has 0 bridgehead atoms. The summed E-state index contributed by atoms with van der Waals surface area (Å²) in [4.78, 5) is 13.7. The molecule has 0 spiro atoms. The lowest BCUT2D eigenvalue weighted by molar-refractivity contribution is 0.337. The summed E-state index contributed by atoms with van der Waals surface area (Å²) in [5.74, 6) is 7.07. The summed E-state index contributed by atoms with van der Waals surface area (Å²) >= 11 is 0. The Balaban J connectivity index is 2.05. The van der Waals surface area contributed by atoms with E-state index < -0.39 is 0 Å². The van der Waals surface area contributed by atoms with Crippen LogP contribution in [0.3, 0.4) is 0 Å². The standard InChI is InChI=1S/C13H21N7/c1-10-8-18(2)5-3-6-20(10)13-12-15-4-7-19(12)9-11(16-13)17-14/h4,7,9-10,17H,3,5-6,8,14H2,1-2H3. The Bertz CT molecular complexity index is 593. The monoisotopic (exact) mass is 275 g/mol. The fourth-order valence-electron chi connectivity index (χ4n) is 2.86. The minimum absolute atomic E-state index is 0.392. The van der Waals surface area contributed by atoms with Crippen molar-refractivity contribution in [3.05, 3.63) is 18.6 Å². The van der Waals surface area contributed by atoms with Gasteiger partial charge in [-0.05, 0) is 26.9 Å². The minimum atomic E-state index is 0.392. The molecular formula is C13H21N7. The molecule has 0 amide bonds. The number of aromatic nitrogens is 3. The van der Waals surface area contributed by atoms with Gasteiger partial charge in [-0.1, -0.05) is 0 Å². The maximum Gasteiger partial charge on any atom is 0.180 e. The molecule has 1 unspecified atom stereocenters. The third kappa shape index (κ3) is 2.30. The van der Waals surface area contributed by atoms with E-state index in [-0.39, 0.29) is 0 Å². The second kappa shape index (κ2) is 5.26. The molecule has 3 heterocycles. The highest BCUT2D eigenvalue weighted by molar-refractivity contribution is 5.67. The Kier molecular flexibility index (Phi) is 3.45. The maximum absolute atomic E-state index is 5.52. The highest BCUT2D eigenvalue weighted by Gasteiger charge is 2.23. The van der Waals surface area contributed by atoms with Crippen molar-refractivity contribution < 1.29 is 0 Å². The number of nitrogens with zero attached hydrogens (tertiary/aromatic N) is 5. The lowest BCUT2D eigenvalue weighted by atomic mass is 10.2. The van der Waals surface area contributed by atoms with Gasteiger partial charge in [-0.2, -0.15) is 0 Å². The van der Waals surface area contributed by atoms with E-state index in [1.807, 2.05) is 16.8 Å². The molecule has 0 radical (unpaired) electrons. The SMILES string of the molecule is CC1CN(C)CCCN1c1nc(NN)cn2ccnc12. The topological polar surface area (TPSA) is 74.7 Å². The molecule has 1 aliphatic heterocycles. The number of nitrogens with one attached hydrogen (secondary N) is 1. The van der Waals surface area contributed by atoms with Crippen LogP contribution >= 0.6 is 0 Å². The van der Waals surface area contributed by atoms with E-state index in [9.17, 15) is 0 Å². The Hall–Kier alpha value is -1.86. The van der Waals surface area contributed by atoms with Gasteiger partial charge in [0.25, 0.3) is 0 Å². The molecule has 1 aliphatic rings. The van der Waals surface area contributed by atoms with Gasteiger partial charge in [-0.15, -0.1) is 0 Å². The summed E-state index contributed by atoms with van der Waals surface area (Å²) in [6, 6.07) is 0.392. The number of imidazole rings is 1.